The van der Waals surface area contributed by atoms with Gasteiger partial charge in [-0.05, 0) is 25.5 Å². The topological polar surface area (TPSA) is 67.4 Å². The van der Waals surface area contributed by atoms with Gasteiger partial charge < -0.3 is 15.4 Å². The molecule has 1 aromatic carbocycles. The van der Waals surface area contributed by atoms with Crippen molar-refractivity contribution in [2.75, 3.05) is 12.4 Å². The Kier molecular flexibility index (Phi) is 5.17. The number of nitrogens with one attached hydrogen (secondary N) is 2. The second-order valence-electron chi connectivity index (χ2n) is 3.94. The Bertz CT molecular complexity index is 432. The fourth-order valence-electron chi connectivity index (χ4n) is 1.36. The van der Waals surface area contributed by atoms with E-state index >= 15 is 0 Å². The molecule has 2 amide bonds. The van der Waals surface area contributed by atoms with Gasteiger partial charge in [0.25, 0.3) is 0 Å². The van der Waals surface area contributed by atoms with E-state index in [4.69, 9.17) is 0 Å². The van der Waals surface area contributed by atoms with Gasteiger partial charge in [0.05, 0.1) is 18.4 Å². The molecule has 0 radical (unpaired) electrons. The zero-order valence-corrected chi connectivity index (χ0v) is 10.8. The quantitative estimate of drug-likeness (QED) is 0.806. The summed E-state index contributed by atoms with van der Waals surface area (Å²) in [5.74, 6) is -0.477. The van der Waals surface area contributed by atoms with Gasteiger partial charge in [0, 0.05) is 6.04 Å². The van der Waals surface area contributed by atoms with Crippen molar-refractivity contribution < 1.29 is 14.3 Å². The molecule has 0 aliphatic carbocycles. The average Bonchev–Trinajstić information content (AvgIpc) is 2.38. The highest BCUT2D eigenvalue weighted by atomic mass is 16.5. The van der Waals surface area contributed by atoms with Crippen molar-refractivity contribution in [3.63, 3.8) is 0 Å². The number of esters is 1. The molecule has 98 valence electrons. The van der Waals surface area contributed by atoms with Crippen molar-refractivity contribution in [1.29, 1.82) is 0 Å². The van der Waals surface area contributed by atoms with E-state index in [-0.39, 0.29) is 12.1 Å². The predicted molar refractivity (Wildman–Crippen MR) is 69.7 cm³/mol. The molecule has 0 aliphatic rings. The molecule has 0 saturated heterocycles. The van der Waals surface area contributed by atoms with Gasteiger partial charge in [0.15, 0.2) is 0 Å². The fourth-order valence-corrected chi connectivity index (χ4v) is 1.36. The van der Waals surface area contributed by atoms with Crippen molar-refractivity contribution in [3.05, 3.63) is 29.8 Å². The number of methoxy groups -OCH3 is 1. The summed E-state index contributed by atoms with van der Waals surface area (Å²) in [5.41, 5.74) is 0.768. The molecule has 2 N–H and O–H groups in total. The second kappa shape index (κ2) is 6.64. The van der Waals surface area contributed by atoms with Crippen LogP contribution in [0.5, 0.6) is 0 Å². The standard InChI is InChI=1S/C13H18N2O3/c1-4-9(2)14-13(17)15-11-8-6-5-7-10(11)12(16)18-3/h5-9H,4H2,1-3H3,(H2,14,15,17)/t9-/m1/s1. The zero-order chi connectivity index (χ0) is 13.5. The van der Waals surface area contributed by atoms with Gasteiger partial charge in [-0.1, -0.05) is 19.1 Å². The molecule has 0 aliphatic heterocycles. The number of benzene rings is 1. The molecule has 0 unspecified atom stereocenters. The molecular weight excluding hydrogens is 232 g/mol. The Hall–Kier alpha value is -2.04. The molecule has 0 aromatic heterocycles. The third-order valence-corrected chi connectivity index (χ3v) is 2.57. The Morgan fingerprint density at radius 3 is 2.61 bits per heavy atom. The average molecular weight is 250 g/mol. The number of ether oxygens (including phenoxy) is 1. The van der Waals surface area contributed by atoms with Gasteiger partial charge in [-0.3, -0.25) is 0 Å². The Labute approximate surface area is 107 Å². The SMILES string of the molecule is CC[C@@H](C)NC(=O)Nc1ccccc1C(=O)OC. The van der Waals surface area contributed by atoms with Crippen LogP contribution in [-0.2, 0) is 4.74 Å². The van der Waals surface area contributed by atoms with Crippen LogP contribution in [0.3, 0.4) is 0 Å². The highest BCUT2D eigenvalue weighted by molar-refractivity contribution is 6.00. The summed E-state index contributed by atoms with van der Waals surface area (Å²) in [4.78, 5) is 23.2. The maximum Gasteiger partial charge on any atom is 0.339 e. The molecular formula is C13H18N2O3. The lowest BCUT2D eigenvalue weighted by molar-refractivity contribution is 0.0602. The molecule has 1 rings (SSSR count). The number of hydrogen-bond acceptors (Lipinski definition) is 3. The molecule has 0 fully saturated rings. The van der Waals surface area contributed by atoms with Gasteiger partial charge in [0.2, 0.25) is 0 Å². The molecule has 5 nitrogen and oxygen atoms in total. The van der Waals surface area contributed by atoms with Gasteiger partial charge in [-0.25, -0.2) is 9.59 Å². The highest BCUT2D eigenvalue weighted by Gasteiger charge is 2.13. The van der Waals surface area contributed by atoms with Gasteiger partial charge >= 0.3 is 12.0 Å². The van der Waals surface area contributed by atoms with Crippen LogP contribution < -0.4 is 10.6 Å². The number of amides is 2. The smallest absolute Gasteiger partial charge is 0.339 e. The minimum atomic E-state index is -0.477. The van der Waals surface area contributed by atoms with Crippen LogP contribution in [0.15, 0.2) is 24.3 Å². The predicted octanol–water partition coefficient (Wildman–Crippen LogP) is 2.39. The number of carbonyl (C=O) groups is 2. The second-order valence-corrected chi connectivity index (χ2v) is 3.94. The van der Waals surface area contributed by atoms with E-state index in [0.29, 0.717) is 11.3 Å². The van der Waals surface area contributed by atoms with Crippen LogP contribution in [0.2, 0.25) is 0 Å². The van der Waals surface area contributed by atoms with Crippen LogP contribution in [0, 0.1) is 0 Å². The van der Waals surface area contributed by atoms with E-state index in [1.165, 1.54) is 7.11 Å². The van der Waals surface area contributed by atoms with E-state index in [0.717, 1.165) is 6.42 Å². The summed E-state index contributed by atoms with van der Waals surface area (Å²) < 4.78 is 4.65. The van der Waals surface area contributed by atoms with Crippen molar-refractivity contribution in [2.24, 2.45) is 0 Å². The Balaban J connectivity index is 2.78. The van der Waals surface area contributed by atoms with Crippen LogP contribution in [-0.4, -0.2) is 25.2 Å². The Morgan fingerprint density at radius 2 is 2.00 bits per heavy atom. The lowest BCUT2D eigenvalue weighted by Gasteiger charge is -2.14. The molecule has 0 heterocycles. The van der Waals surface area contributed by atoms with E-state index < -0.39 is 5.97 Å². The molecule has 1 atom stereocenters. The minimum Gasteiger partial charge on any atom is -0.465 e. The number of rotatable bonds is 4. The van der Waals surface area contributed by atoms with Crippen LogP contribution in [0.1, 0.15) is 30.6 Å². The van der Waals surface area contributed by atoms with E-state index in [9.17, 15) is 9.59 Å². The maximum atomic E-state index is 11.7. The third-order valence-electron chi connectivity index (χ3n) is 2.57. The number of para-hydroxylation sites is 1. The first-order chi connectivity index (χ1) is 8.58. The number of hydrogen-bond donors (Lipinski definition) is 2. The molecule has 18 heavy (non-hydrogen) atoms. The first kappa shape index (κ1) is 14.0. The summed E-state index contributed by atoms with van der Waals surface area (Å²) in [6.07, 6.45) is 0.839. The van der Waals surface area contributed by atoms with Gasteiger partial charge in [-0.15, -0.1) is 0 Å². The van der Waals surface area contributed by atoms with Crippen LogP contribution in [0.25, 0.3) is 0 Å². The van der Waals surface area contributed by atoms with Crippen molar-refractivity contribution in [2.45, 2.75) is 26.3 Å². The highest BCUT2D eigenvalue weighted by Crippen LogP contribution is 2.15. The van der Waals surface area contributed by atoms with E-state index in [1.807, 2.05) is 13.8 Å². The molecule has 5 heteroatoms. The first-order valence-electron chi connectivity index (χ1n) is 5.83. The third kappa shape index (κ3) is 3.76. The number of urea groups is 1. The van der Waals surface area contributed by atoms with Crippen LogP contribution >= 0.6 is 0 Å². The van der Waals surface area contributed by atoms with Gasteiger partial charge in [-0.2, -0.15) is 0 Å². The first-order valence-corrected chi connectivity index (χ1v) is 5.83. The molecule has 1 aromatic rings. The number of anilines is 1. The lowest BCUT2D eigenvalue weighted by atomic mass is 10.2. The summed E-state index contributed by atoms with van der Waals surface area (Å²) in [6.45, 7) is 3.89. The monoisotopic (exact) mass is 250 g/mol. The van der Waals surface area contributed by atoms with Crippen molar-refractivity contribution in [1.82, 2.24) is 5.32 Å². The van der Waals surface area contributed by atoms with E-state index in [1.54, 1.807) is 24.3 Å². The zero-order valence-electron chi connectivity index (χ0n) is 10.8. The molecule has 0 bridgehead atoms. The fraction of sp³-hybridized carbons (Fsp3) is 0.385. The molecule has 0 saturated carbocycles. The summed E-state index contributed by atoms with van der Waals surface area (Å²) in [7, 11) is 1.30. The van der Waals surface area contributed by atoms with Gasteiger partial charge in [0.1, 0.15) is 0 Å². The maximum absolute atomic E-state index is 11.7. The largest absolute Gasteiger partial charge is 0.465 e. The summed E-state index contributed by atoms with van der Waals surface area (Å²) in [6, 6.07) is 6.46. The Morgan fingerprint density at radius 1 is 1.33 bits per heavy atom. The summed E-state index contributed by atoms with van der Waals surface area (Å²) in [5, 5.41) is 5.40. The normalized spacial score (nSPS) is 11.5. The number of carbonyl (C=O) groups excluding carboxylic acids is 2. The van der Waals surface area contributed by atoms with Crippen molar-refractivity contribution in [3.8, 4) is 0 Å². The lowest BCUT2D eigenvalue weighted by Crippen LogP contribution is -2.36. The van der Waals surface area contributed by atoms with Crippen molar-refractivity contribution >= 4 is 17.7 Å². The minimum absolute atomic E-state index is 0.0790. The van der Waals surface area contributed by atoms with E-state index in [2.05, 4.69) is 15.4 Å². The molecule has 0 spiro atoms. The summed E-state index contributed by atoms with van der Waals surface area (Å²) >= 11 is 0. The van der Waals surface area contributed by atoms with Crippen LogP contribution in [0.4, 0.5) is 10.5 Å².